The number of carbonyl (C=O) groups excluding carboxylic acids is 3. The van der Waals surface area contributed by atoms with Crippen LogP contribution in [0.4, 0.5) is 0 Å². The van der Waals surface area contributed by atoms with E-state index >= 15 is 0 Å². The van der Waals surface area contributed by atoms with Crippen LogP contribution in [0.3, 0.4) is 0 Å². The number of para-hydroxylation sites is 1. The third kappa shape index (κ3) is 6.80. The number of benzene rings is 1. The number of esters is 2. The van der Waals surface area contributed by atoms with E-state index in [0.717, 1.165) is 0 Å². The second-order valence-corrected chi connectivity index (χ2v) is 7.33. The van der Waals surface area contributed by atoms with Crippen molar-refractivity contribution in [3.05, 3.63) is 48.3 Å². The minimum absolute atomic E-state index is 0.0654. The number of ether oxygens (including phenoxy) is 4. The number of Topliss-reactive ketones (excluding diaryl/α,β-unsaturated/α-hetero) is 1. The molecule has 0 saturated heterocycles. The third-order valence-electron chi connectivity index (χ3n) is 4.75. The van der Waals surface area contributed by atoms with E-state index in [1.807, 2.05) is 44.2 Å². The average molecular weight is 443 g/mol. The summed E-state index contributed by atoms with van der Waals surface area (Å²) in [6.45, 7) is 6.53. The van der Waals surface area contributed by atoms with E-state index in [0.29, 0.717) is 12.2 Å². The van der Waals surface area contributed by atoms with Crippen LogP contribution in [0.5, 0.6) is 17.2 Å². The molecule has 1 aromatic carbocycles. The molecule has 0 aliphatic rings. The maximum Gasteiger partial charge on any atom is 0.309 e. The predicted octanol–water partition coefficient (Wildman–Crippen LogP) is 4.01. The highest BCUT2D eigenvalue weighted by atomic mass is 16.6. The van der Waals surface area contributed by atoms with Crippen molar-refractivity contribution in [3.63, 3.8) is 0 Å². The molecule has 0 amide bonds. The van der Waals surface area contributed by atoms with Crippen molar-refractivity contribution < 1.29 is 33.3 Å². The van der Waals surface area contributed by atoms with Crippen LogP contribution in [0.2, 0.25) is 0 Å². The predicted molar refractivity (Wildman–Crippen MR) is 117 cm³/mol. The Morgan fingerprint density at radius 1 is 1.06 bits per heavy atom. The quantitative estimate of drug-likeness (QED) is 0.379. The molecule has 0 radical (unpaired) electrons. The topological polar surface area (TPSA) is 101 Å². The Labute approximate surface area is 187 Å². The van der Waals surface area contributed by atoms with Crippen molar-refractivity contribution in [2.24, 2.45) is 5.92 Å². The highest BCUT2D eigenvalue weighted by Gasteiger charge is 2.28. The molecule has 0 aliphatic heterocycles. The largest absolute Gasteiger partial charge is 0.493 e. The molecule has 0 fully saturated rings. The summed E-state index contributed by atoms with van der Waals surface area (Å²) in [4.78, 5) is 40.9. The molecule has 0 spiro atoms. The molecule has 0 unspecified atom stereocenters. The van der Waals surface area contributed by atoms with Gasteiger partial charge in [0, 0.05) is 25.6 Å². The monoisotopic (exact) mass is 443 g/mol. The Hall–Kier alpha value is -3.42. The normalized spacial score (nSPS) is 13.4. The van der Waals surface area contributed by atoms with Crippen molar-refractivity contribution in [2.45, 2.75) is 52.7 Å². The van der Waals surface area contributed by atoms with Gasteiger partial charge in [-0.25, -0.2) is 4.98 Å². The van der Waals surface area contributed by atoms with E-state index in [1.54, 1.807) is 6.92 Å². The first-order valence-electron chi connectivity index (χ1n) is 10.4. The van der Waals surface area contributed by atoms with Gasteiger partial charge >= 0.3 is 11.9 Å². The molecular weight excluding hydrogens is 414 g/mol. The first-order chi connectivity index (χ1) is 15.3. The second kappa shape index (κ2) is 11.8. The van der Waals surface area contributed by atoms with Crippen LogP contribution in [0.15, 0.2) is 42.6 Å². The van der Waals surface area contributed by atoms with Crippen molar-refractivity contribution >= 4 is 17.7 Å². The molecule has 0 aliphatic carbocycles. The number of carbonyl (C=O) groups is 3. The number of hydrogen-bond donors (Lipinski definition) is 0. The van der Waals surface area contributed by atoms with Gasteiger partial charge in [0.25, 0.3) is 0 Å². The molecule has 0 N–H and O–H groups in total. The number of ketones is 1. The van der Waals surface area contributed by atoms with E-state index in [1.165, 1.54) is 26.3 Å². The van der Waals surface area contributed by atoms with Gasteiger partial charge in [-0.1, -0.05) is 32.0 Å². The van der Waals surface area contributed by atoms with Gasteiger partial charge < -0.3 is 18.9 Å². The Morgan fingerprint density at radius 3 is 2.34 bits per heavy atom. The second-order valence-electron chi connectivity index (χ2n) is 7.33. The molecular formula is C24H29NO7. The molecule has 2 rings (SSSR count). The number of methoxy groups -OCH3 is 1. The minimum atomic E-state index is -0.737. The lowest BCUT2D eigenvalue weighted by Gasteiger charge is -2.25. The summed E-state index contributed by atoms with van der Waals surface area (Å²) in [6, 6.07) is 10.7. The van der Waals surface area contributed by atoms with Crippen molar-refractivity contribution in [2.75, 3.05) is 7.11 Å². The lowest BCUT2D eigenvalue weighted by atomic mass is 10.0. The fourth-order valence-corrected chi connectivity index (χ4v) is 3.06. The SMILES string of the molecule is CC[C@H](OC(=O)[C@H](C)CC(=O)c1nccc(OC)c1OC(C)=O)[C@H](C)Oc1ccccc1. The van der Waals surface area contributed by atoms with Crippen LogP contribution in [-0.2, 0) is 14.3 Å². The number of hydrogen-bond acceptors (Lipinski definition) is 8. The van der Waals surface area contributed by atoms with E-state index in [4.69, 9.17) is 18.9 Å². The van der Waals surface area contributed by atoms with Gasteiger partial charge in [-0.15, -0.1) is 0 Å². The van der Waals surface area contributed by atoms with Gasteiger partial charge in [0.2, 0.25) is 5.75 Å². The van der Waals surface area contributed by atoms with Crippen LogP contribution in [-0.4, -0.2) is 42.0 Å². The lowest BCUT2D eigenvalue weighted by Crippen LogP contribution is -2.35. The number of nitrogens with zero attached hydrogens (tertiary/aromatic N) is 1. The third-order valence-corrected chi connectivity index (χ3v) is 4.75. The lowest BCUT2D eigenvalue weighted by molar-refractivity contribution is -0.158. The summed E-state index contributed by atoms with van der Waals surface area (Å²) in [5.41, 5.74) is -0.0768. The van der Waals surface area contributed by atoms with Gasteiger partial charge in [0.05, 0.1) is 13.0 Å². The minimum Gasteiger partial charge on any atom is -0.493 e. The van der Waals surface area contributed by atoms with Gasteiger partial charge in [0.15, 0.2) is 17.2 Å². The van der Waals surface area contributed by atoms with Gasteiger partial charge in [0.1, 0.15) is 18.0 Å². The van der Waals surface area contributed by atoms with Crippen molar-refractivity contribution in [1.29, 1.82) is 0 Å². The molecule has 8 heteroatoms. The summed E-state index contributed by atoms with van der Waals surface area (Å²) >= 11 is 0. The molecule has 32 heavy (non-hydrogen) atoms. The van der Waals surface area contributed by atoms with Crippen molar-refractivity contribution in [3.8, 4) is 17.2 Å². The number of aromatic nitrogens is 1. The molecule has 1 aromatic heterocycles. The van der Waals surface area contributed by atoms with Gasteiger partial charge in [-0.2, -0.15) is 0 Å². The molecule has 0 saturated carbocycles. The van der Waals surface area contributed by atoms with E-state index in [9.17, 15) is 14.4 Å². The molecule has 0 bridgehead atoms. The van der Waals surface area contributed by atoms with Gasteiger partial charge in [-0.3, -0.25) is 14.4 Å². The van der Waals surface area contributed by atoms with E-state index < -0.39 is 29.7 Å². The Kier molecular flexibility index (Phi) is 9.19. The fraction of sp³-hybridized carbons (Fsp3) is 0.417. The smallest absolute Gasteiger partial charge is 0.309 e. The molecule has 2 aromatic rings. The zero-order valence-corrected chi connectivity index (χ0v) is 19.0. The molecule has 1 heterocycles. The highest BCUT2D eigenvalue weighted by Crippen LogP contribution is 2.31. The highest BCUT2D eigenvalue weighted by molar-refractivity contribution is 5.99. The van der Waals surface area contributed by atoms with Crippen LogP contribution >= 0.6 is 0 Å². The molecule has 3 atom stereocenters. The van der Waals surface area contributed by atoms with Crippen LogP contribution in [0.1, 0.15) is 51.0 Å². The Morgan fingerprint density at radius 2 is 1.75 bits per heavy atom. The fourth-order valence-electron chi connectivity index (χ4n) is 3.06. The zero-order valence-electron chi connectivity index (χ0n) is 19.0. The first kappa shape index (κ1) is 24.8. The first-order valence-corrected chi connectivity index (χ1v) is 10.4. The summed E-state index contributed by atoms with van der Waals surface area (Å²) < 4.78 is 21.8. The number of pyridine rings is 1. The molecule has 8 nitrogen and oxygen atoms in total. The summed E-state index contributed by atoms with van der Waals surface area (Å²) in [7, 11) is 1.39. The molecule has 172 valence electrons. The van der Waals surface area contributed by atoms with Crippen LogP contribution in [0.25, 0.3) is 0 Å². The zero-order chi connectivity index (χ0) is 23.7. The summed E-state index contributed by atoms with van der Waals surface area (Å²) in [6.07, 6.45) is 0.904. The Balaban J connectivity index is 2.05. The average Bonchev–Trinajstić information content (AvgIpc) is 2.77. The maximum absolute atomic E-state index is 12.8. The van der Waals surface area contributed by atoms with Gasteiger partial charge in [-0.05, 0) is 25.5 Å². The standard InChI is InChI=1S/C24H29NO7/c1-6-20(16(3)30-18-10-8-7-9-11-18)32-24(28)15(2)14-19(27)22-23(31-17(4)26)21(29-5)12-13-25-22/h7-13,15-16,20H,6,14H2,1-5H3/t15-,16+,20+/m1/s1. The Bertz CT molecular complexity index is 929. The van der Waals surface area contributed by atoms with Crippen LogP contribution < -0.4 is 14.2 Å². The summed E-state index contributed by atoms with van der Waals surface area (Å²) in [5.74, 6) is -1.53. The summed E-state index contributed by atoms with van der Waals surface area (Å²) in [5, 5.41) is 0. The van der Waals surface area contributed by atoms with E-state index in [2.05, 4.69) is 4.98 Å². The van der Waals surface area contributed by atoms with Crippen LogP contribution in [0, 0.1) is 5.92 Å². The maximum atomic E-state index is 12.8. The van der Waals surface area contributed by atoms with E-state index in [-0.39, 0.29) is 29.7 Å². The van der Waals surface area contributed by atoms with Crippen molar-refractivity contribution in [1.82, 2.24) is 4.98 Å². The number of rotatable bonds is 11.